The molecule has 0 saturated heterocycles. The lowest BCUT2D eigenvalue weighted by Crippen LogP contribution is -2.12. The van der Waals surface area contributed by atoms with E-state index in [1.807, 2.05) is 24.3 Å². The fraction of sp³-hybridized carbons (Fsp3) is 0.0625. The summed E-state index contributed by atoms with van der Waals surface area (Å²) in [6, 6.07) is 14.2. The number of rotatable bonds is 0. The van der Waals surface area contributed by atoms with Crippen LogP contribution in [0.25, 0.3) is 22.2 Å². The summed E-state index contributed by atoms with van der Waals surface area (Å²) in [6.45, 7) is 0. The molecule has 1 aliphatic heterocycles. The zero-order valence-electron chi connectivity index (χ0n) is 11.2. The monoisotopic (exact) mass is 260 g/mol. The van der Waals surface area contributed by atoms with E-state index in [9.17, 15) is 4.79 Å². The molecular formula is C16H13BN2O. The Bertz CT molecular complexity index is 851. The van der Waals surface area contributed by atoms with Gasteiger partial charge in [0, 0.05) is 16.5 Å². The van der Waals surface area contributed by atoms with Gasteiger partial charge >= 0.3 is 0 Å². The van der Waals surface area contributed by atoms with Gasteiger partial charge in [-0.2, -0.15) is 0 Å². The molecule has 0 bridgehead atoms. The SMILES string of the molecule is Bc1ccc2[nH]c3c(c2c1)CC(=O)Nc1ccccc1-3. The predicted octanol–water partition coefficient (Wildman–Crippen LogP) is 1.59. The Hall–Kier alpha value is -2.49. The molecule has 0 aliphatic carbocycles. The fourth-order valence-electron chi connectivity index (χ4n) is 2.94. The summed E-state index contributed by atoms with van der Waals surface area (Å²) in [5, 5.41) is 4.12. The van der Waals surface area contributed by atoms with Crippen LogP contribution in [0.4, 0.5) is 5.69 Å². The molecule has 96 valence electrons. The minimum Gasteiger partial charge on any atom is -0.354 e. The second kappa shape index (κ2) is 4.00. The van der Waals surface area contributed by atoms with Crippen LogP contribution < -0.4 is 10.8 Å². The van der Waals surface area contributed by atoms with Gasteiger partial charge in [-0.3, -0.25) is 4.79 Å². The predicted molar refractivity (Wildman–Crippen MR) is 84.2 cm³/mol. The van der Waals surface area contributed by atoms with Crippen LogP contribution >= 0.6 is 0 Å². The molecule has 3 nitrogen and oxygen atoms in total. The van der Waals surface area contributed by atoms with Crippen LogP contribution in [0.15, 0.2) is 42.5 Å². The van der Waals surface area contributed by atoms with E-state index in [2.05, 4.69) is 36.3 Å². The van der Waals surface area contributed by atoms with Gasteiger partial charge in [-0.25, -0.2) is 0 Å². The van der Waals surface area contributed by atoms with Crippen molar-refractivity contribution in [3.05, 3.63) is 48.0 Å². The van der Waals surface area contributed by atoms with Gasteiger partial charge < -0.3 is 10.3 Å². The molecule has 1 amide bonds. The van der Waals surface area contributed by atoms with E-state index >= 15 is 0 Å². The Morgan fingerprint density at radius 3 is 2.85 bits per heavy atom. The molecule has 1 aliphatic rings. The molecule has 1 aromatic heterocycles. The minimum atomic E-state index is 0.0404. The number of H-pyrrole nitrogens is 1. The average molecular weight is 260 g/mol. The highest BCUT2D eigenvalue weighted by molar-refractivity contribution is 6.33. The van der Waals surface area contributed by atoms with E-state index in [4.69, 9.17) is 0 Å². The second-order valence-corrected chi connectivity index (χ2v) is 5.30. The summed E-state index contributed by atoms with van der Waals surface area (Å²) in [7, 11) is 2.07. The molecule has 4 rings (SSSR count). The van der Waals surface area contributed by atoms with Crippen molar-refractivity contribution < 1.29 is 4.79 Å². The topological polar surface area (TPSA) is 44.9 Å². The van der Waals surface area contributed by atoms with Crippen molar-refractivity contribution in [3.63, 3.8) is 0 Å². The second-order valence-electron chi connectivity index (χ2n) is 5.30. The van der Waals surface area contributed by atoms with Gasteiger partial charge in [0.2, 0.25) is 5.91 Å². The number of hydrogen-bond acceptors (Lipinski definition) is 1. The summed E-state index contributed by atoms with van der Waals surface area (Å²) >= 11 is 0. The summed E-state index contributed by atoms with van der Waals surface area (Å²) < 4.78 is 0. The van der Waals surface area contributed by atoms with Crippen molar-refractivity contribution in [3.8, 4) is 11.3 Å². The zero-order valence-corrected chi connectivity index (χ0v) is 11.2. The van der Waals surface area contributed by atoms with E-state index in [-0.39, 0.29) is 5.91 Å². The van der Waals surface area contributed by atoms with E-state index < -0.39 is 0 Å². The van der Waals surface area contributed by atoms with Crippen LogP contribution in [0.2, 0.25) is 0 Å². The van der Waals surface area contributed by atoms with Crippen LogP contribution in [0.1, 0.15) is 5.56 Å². The number of carbonyl (C=O) groups excluding carboxylic acids is 1. The number of benzene rings is 2. The molecule has 2 N–H and O–H groups in total. The van der Waals surface area contributed by atoms with Gasteiger partial charge in [0.15, 0.2) is 0 Å². The fourth-order valence-corrected chi connectivity index (χ4v) is 2.94. The van der Waals surface area contributed by atoms with Crippen molar-refractivity contribution >= 4 is 35.8 Å². The van der Waals surface area contributed by atoms with Gasteiger partial charge in [0.05, 0.1) is 17.8 Å². The smallest absolute Gasteiger partial charge is 0.228 e. The summed E-state index contributed by atoms with van der Waals surface area (Å²) in [5.74, 6) is 0.0404. The molecule has 20 heavy (non-hydrogen) atoms. The first kappa shape index (κ1) is 11.4. The van der Waals surface area contributed by atoms with E-state index in [1.54, 1.807) is 0 Å². The van der Waals surface area contributed by atoms with E-state index in [0.717, 1.165) is 33.4 Å². The number of anilines is 1. The number of nitrogens with one attached hydrogen (secondary N) is 2. The summed E-state index contributed by atoms with van der Waals surface area (Å²) in [6.07, 6.45) is 0.410. The first-order valence-corrected chi connectivity index (χ1v) is 6.73. The number of fused-ring (bicyclic) bond motifs is 5. The maximum absolute atomic E-state index is 12.1. The molecule has 0 radical (unpaired) electrons. The molecular weight excluding hydrogens is 247 g/mol. The lowest BCUT2D eigenvalue weighted by molar-refractivity contribution is -0.115. The lowest BCUT2D eigenvalue weighted by atomic mass is 9.93. The molecule has 0 atom stereocenters. The van der Waals surface area contributed by atoms with Gasteiger partial charge in [0.1, 0.15) is 7.85 Å². The number of aromatic amines is 1. The third kappa shape index (κ3) is 1.58. The standard InChI is InChI=1S/C16H13BN2O/c17-9-5-6-14-11(7-9)12-8-15(20)18-13-4-2-1-3-10(13)16(12)19-14/h1-7,19H,8,17H2,(H,18,20). The highest BCUT2D eigenvalue weighted by Crippen LogP contribution is 2.36. The van der Waals surface area contributed by atoms with Crippen LogP contribution in [-0.2, 0) is 11.2 Å². The first-order valence-electron chi connectivity index (χ1n) is 6.73. The zero-order chi connectivity index (χ0) is 13.7. The normalized spacial score (nSPS) is 13.5. The average Bonchev–Trinajstić information content (AvgIpc) is 2.70. The van der Waals surface area contributed by atoms with Crippen molar-refractivity contribution in [2.75, 3.05) is 5.32 Å². The van der Waals surface area contributed by atoms with Crippen LogP contribution in [-0.4, -0.2) is 18.7 Å². The molecule has 3 aromatic rings. The largest absolute Gasteiger partial charge is 0.354 e. The van der Waals surface area contributed by atoms with Gasteiger partial charge in [-0.1, -0.05) is 35.8 Å². The third-order valence-corrected chi connectivity index (χ3v) is 3.87. The Morgan fingerprint density at radius 1 is 1.10 bits per heavy atom. The number of para-hydroxylation sites is 1. The minimum absolute atomic E-state index is 0.0404. The summed E-state index contributed by atoms with van der Waals surface area (Å²) in [5.41, 5.74) is 6.37. The quantitative estimate of drug-likeness (QED) is 0.592. The number of aromatic nitrogens is 1. The Labute approximate surface area is 117 Å². The maximum Gasteiger partial charge on any atom is 0.228 e. The van der Waals surface area contributed by atoms with Gasteiger partial charge in [0.25, 0.3) is 0 Å². The molecule has 2 aromatic carbocycles. The maximum atomic E-state index is 12.1. The van der Waals surface area contributed by atoms with Crippen LogP contribution in [0.3, 0.4) is 0 Å². The van der Waals surface area contributed by atoms with Gasteiger partial charge in [-0.05, 0) is 17.7 Å². The van der Waals surface area contributed by atoms with Crippen molar-refractivity contribution in [1.29, 1.82) is 0 Å². The van der Waals surface area contributed by atoms with E-state index in [1.165, 1.54) is 5.46 Å². The van der Waals surface area contributed by atoms with Crippen molar-refractivity contribution in [2.45, 2.75) is 6.42 Å². The first-order chi connectivity index (χ1) is 9.72. The lowest BCUT2D eigenvalue weighted by Gasteiger charge is -2.05. The van der Waals surface area contributed by atoms with Gasteiger partial charge in [-0.15, -0.1) is 0 Å². The Morgan fingerprint density at radius 2 is 1.95 bits per heavy atom. The molecule has 0 saturated carbocycles. The Balaban J connectivity index is 2.10. The Kier molecular flexibility index (Phi) is 2.27. The van der Waals surface area contributed by atoms with Crippen LogP contribution in [0.5, 0.6) is 0 Å². The third-order valence-electron chi connectivity index (χ3n) is 3.87. The number of hydrogen-bond donors (Lipinski definition) is 2. The van der Waals surface area contributed by atoms with Crippen molar-refractivity contribution in [2.24, 2.45) is 0 Å². The molecule has 2 heterocycles. The van der Waals surface area contributed by atoms with E-state index in [0.29, 0.717) is 6.42 Å². The molecule has 0 spiro atoms. The highest BCUT2D eigenvalue weighted by Gasteiger charge is 2.22. The van der Waals surface area contributed by atoms with Crippen LogP contribution in [0, 0.1) is 0 Å². The number of amides is 1. The molecule has 0 unspecified atom stereocenters. The van der Waals surface area contributed by atoms with Crippen molar-refractivity contribution in [1.82, 2.24) is 4.98 Å². The highest BCUT2D eigenvalue weighted by atomic mass is 16.1. The summed E-state index contributed by atoms with van der Waals surface area (Å²) in [4.78, 5) is 15.6. The molecule has 0 fully saturated rings. The number of carbonyl (C=O) groups is 1. The molecule has 4 heteroatoms.